The zero-order valence-corrected chi connectivity index (χ0v) is 14.9. The van der Waals surface area contributed by atoms with Gasteiger partial charge >= 0.3 is 0 Å². The molecule has 0 aliphatic heterocycles. The Morgan fingerprint density at radius 3 is 2.59 bits per heavy atom. The number of anilines is 3. The number of halogens is 2. The number of hydrogen-bond acceptors (Lipinski definition) is 4. The number of para-hydroxylation sites is 1. The van der Waals surface area contributed by atoms with E-state index in [0.717, 1.165) is 35.4 Å². The molecule has 0 fully saturated rings. The van der Waals surface area contributed by atoms with Gasteiger partial charge in [0.25, 0.3) is 5.91 Å². The quantitative estimate of drug-likeness (QED) is 0.689. The van der Waals surface area contributed by atoms with Crippen molar-refractivity contribution >= 4 is 23.1 Å². The van der Waals surface area contributed by atoms with Gasteiger partial charge in [-0.05, 0) is 36.6 Å². The van der Waals surface area contributed by atoms with E-state index in [1.807, 2.05) is 32.0 Å². The molecule has 3 rings (SSSR count). The third-order valence-electron chi connectivity index (χ3n) is 4.06. The minimum atomic E-state index is -0.745. The van der Waals surface area contributed by atoms with Gasteiger partial charge in [-0.3, -0.25) is 4.79 Å². The van der Waals surface area contributed by atoms with E-state index in [4.69, 9.17) is 0 Å². The van der Waals surface area contributed by atoms with Crippen LogP contribution in [-0.2, 0) is 6.42 Å². The van der Waals surface area contributed by atoms with E-state index >= 15 is 0 Å². The molecule has 0 saturated carbocycles. The number of benzene rings is 2. The Hall–Kier alpha value is -3.35. The van der Waals surface area contributed by atoms with Crippen molar-refractivity contribution in [2.24, 2.45) is 0 Å². The van der Waals surface area contributed by atoms with E-state index < -0.39 is 11.6 Å². The highest BCUT2D eigenvalue weighted by molar-refractivity contribution is 6.03. The first-order valence-electron chi connectivity index (χ1n) is 8.42. The number of carbonyl (C=O) groups excluding carboxylic acids is 1. The Bertz CT molecular complexity index is 974. The van der Waals surface area contributed by atoms with Gasteiger partial charge in [0.15, 0.2) is 0 Å². The van der Waals surface area contributed by atoms with Crippen molar-refractivity contribution in [2.45, 2.75) is 20.3 Å². The number of nitrogens with zero attached hydrogens (tertiary/aromatic N) is 2. The van der Waals surface area contributed by atoms with Crippen LogP contribution in [0.5, 0.6) is 0 Å². The van der Waals surface area contributed by atoms with Crippen LogP contribution in [0.25, 0.3) is 0 Å². The molecule has 0 bridgehead atoms. The Kier molecular flexibility index (Phi) is 5.40. The molecule has 138 valence electrons. The van der Waals surface area contributed by atoms with Crippen molar-refractivity contribution in [3.8, 4) is 0 Å². The van der Waals surface area contributed by atoms with Gasteiger partial charge < -0.3 is 10.6 Å². The highest BCUT2D eigenvalue weighted by atomic mass is 19.1. The van der Waals surface area contributed by atoms with Gasteiger partial charge in [-0.15, -0.1) is 0 Å². The van der Waals surface area contributed by atoms with Crippen LogP contribution in [0, 0.1) is 18.6 Å². The van der Waals surface area contributed by atoms with Gasteiger partial charge in [0.2, 0.25) is 0 Å². The highest BCUT2D eigenvalue weighted by Gasteiger charge is 2.13. The smallest absolute Gasteiger partial charge is 0.275 e. The number of amides is 1. The predicted molar refractivity (Wildman–Crippen MR) is 100 cm³/mol. The summed E-state index contributed by atoms with van der Waals surface area (Å²) in [6.07, 6.45) is 3.40. The van der Waals surface area contributed by atoms with Crippen molar-refractivity contribution in [3.05, 3.63) is 77.2 Å². The van der Waals surface area contributed by atoms with Crippen molar-refractivity contribution in [1.82, 2.24) is 9.97 Å². The van der Waals surface area contributed by atoms with Crippen molar-refractivity contribution in [3.63, 3.8) is 0 Å². The molecule has 0 spiro atoms. The molecule has 1 heterocycles. The summed E-state index contributed by atoms with van der Waals surface area (Å²) in [7, 11) is 0. The van der Waals surface area contributed by atoms with Gasteiger partial charge in [0.05, 0.1) is 18.1 Å². The SMILES string of the molecule is CCc1cccc(C)c1NC(=O)c1cnc(Nc2ccc(F)cc2F)cn1. The van der Waals surface area contributed by atoms with Gasteiger partial charge in [0, 0.05) is 11.8 Å². The Labute approximate surface area is 155 Å². The molecule has 7 heteroatoms. The predicted octanol–water partition coefficient (Wildman–Crippen LogP) is 4.62. The van der Waals surface area contributed by atoms with E-state index in [-0.39, 0.29) is 23.1 Å². The number of aryl methyl sites for hydroxylation is 2. The molecule has 0 radical (unpaired) electrons. The van der Waals surface area contributed by atoms with Crippen LogP contribution in [-0.4, -0.2) is 15.9 Å². The van der Waals surface area contributed by atoms with Gasteiger partial charge in [0.1, 0.15) is 23.1 Å². The maximum atomic E-state index is 13.7. The molecule has 2 N–H and O–H groups in total. The maximum Gasteiger partial charge on any atom is 0.275 e. The lowest BCUT2D eigenvalue weighted by atomic mass is 10.1. The number of hydrogen-bond donors (Lipinski definition) is 2. The summed E-state index contributed by atoms with van der Waals surface area (Å²) in [5.41, 5.74) is 2.95. The van der Waals surface area contributed by atoms with E-state index in [9.17, 15) is 13.6 Å². The second kappa shape index (κ2) is 7.90. The summed E-state index contributed by atoms with van der Waals surface area (Å²) in [6, 6.07) is 8.98. The molecule has 2 aromatic carbocycles. The van der Waals surface area contributed by atoms with E-state index in [1.165, 1.54) is 18.5 Å². The average molecular weight is 368 g/mol. The summed E-state index contributed by atoms with van der Waals surface area (Å²) in [5.74, 6) is -1.56. The average Bonchev–Trinajstić information content (AvgIpc) is 2.66. The Morgan fingerprint density at radius 1 is 1.11 bits per heavy atom. The van der Waals surface area contributed by atoms with Gasteiger partial charge in [-0.25, -0.2) is 18.7 Å². The largest absolute Gasteiger partial charge is 0.337 e. The third kappa shape index (κ3) is 4.25. The minimum Gasteiger partial charge on any atom is -0.337 e. The number of aromatic nitrogens is 2. The summed E-state index contributed by atoms with van der Waals surface area (Å²) in [6.45, 7) is 3.93. The lowest BCUT2D eigenvalue weighted by Crippen LogP contribution is -2.16. The molecule has 1 aromatic heterocycles. The van der Waals surface area contributed by atoms with Gasteiger partial charge in [-0.2, -0.15) is 0 Å². The fraction of sp³-hybridized carbons (Fsp3) is 0.150. The van der Waals surface area contributed by atoms with E-state index in [0.29, 0.717) is 0 Å². The summed E-state index contributed by atoms with van der Waals surface area (Å²) in [4.78, 5) is 20.6. The normalized spacial score (nSPS) is 10.5. The molecule has 27 heavy (non-hydrogen) atoms. The van der Waals surface area contributed by atoms with Crippen LogP contribution >= 0.6 is 0 Å². The molecule has 0 unspecified atom stereocenters. The first-order chi connectivity index (χ1) is 13.0. The molecule has 0 aliphatic rings. The summed E-state index contributed by atoms with van der Waals surface area (Å²) < 4.78 is 26.6. The molecule has 1 amide bonds. The van der Waals surface area contributed by atoms with Crippen LogP contribution in [0.15, 0.2) is 48.8 Å². The third-order valence-corrected chi connectivity index (χ3v) is 4.06. The summed E-state index contributed by atoms with van der Waals surface area (Å²) in [5, 5.41) is 5.56. The van der Waals surface area contributed by atoms with Gasteiger partial charge in [-0.1, -0.05) is 25.1 Å². The Morgan fingerprint density at radius 2 is 1.93 bits per heavy atom. The van der Waals surface area contributed by atoms with Crippen molar-refractivity contribution in [1.29, 1.82) is 0 Å². The van der Waals surface area contributed by atoms with Crippen molar-refractivity contribution in [2.75, 3.05) is 10.6 Å². The molecule has 0 atom stereocenters. The van der Waals surface area contributed by atoms with Crippen LogP contribution in [0.1, 0.15) is 28.5 Å². The maximum absolute atomic E-state index is 13.7. The fourth-order valence-corrected chi connectivity index (χ4v) is 2.62. The minimum absolute atomic E-state index is 0.0652. The number of rotatable bonds is 5. The zero-order valence-electron chi connectivity index (χ0n) is 14.9. The number of nitrogens with one attached hydrogen (secondary N) is 2. The molecular formula is C20H18F2N4O. The second-order valence-electron chi connectivity index (χ2n) is 5.95. The standard InChI is InChI=1S/C20H18F2N4O/c1-3-13-6-4-5-12(2)19(13)26-20(27)17-10-24-18(11-23-17)25-16-8-7-14(21)9-15(16)22/h4-11H,3H2,1-2H3,(H,24,25)(H,26,27). The van der Waals surface area contributed by atoms with Crippen LogP contribution in [0.2, 0.25) is 0 Å². The molecular weight excluding hydrogens is 350 g/mol. The number of carbonyl (C=O) groups is 1. The highest BCUT2D eigenvalue weighted by Crippen LogP contribution is 2.22. The van der Waals surface area contributed by atoms with E-state index in [1.54, 1.807) is 0 Å². The molecule has 0 saturated heterocycles. The molecule has 5 nitrogen and oxygen atoms in total. The second-order valence-corrected chi connectivity index (χ2v) is 5.95. The first kappa shape index (κ1) is 18.4. The monoisotopic (exact) mass is 368 g/mol. The van der Waals surface area contributed by atoms with Crippen molar-refractivity contribution < 1.29 is 13.6 Å². The van der Waals surface area contributed by atoms with Crippen LogP contribution in [0.4, 0.5) is 26.0 Å². The molecule has 3 aromatic rings. The van der Waals surface area contributed by atoms with E-state index in [2.05, 4.69) is 20.6 Å². The van der Waals surface area contributed by atoms with Crippen LogP contribution in [0.3, 0.4) is 0 Å². The fourth-order valence-electron chi connectivity index (χ4n) is 2.62. The summed E-state index contributed by atoms with van der Waals surface area (Å²) >= 11 is 0. The van der Waals surface area contributed by atoms with Crippen LogP contribution < -0.4 is 10.6 Å². The lowest BCUT2D eigenvalue weighted by molar-refractivity contribution is 0.102. The molecule has 0 aliphatic carbocycles. The first-order valence-corrected chi connectivity index (χ1v) is 8.42. The Balaban J connectivity index is 1.74. The lowest BCUT2D eigenvalue weighted by Gasteiger charge is -2.12. The topological polar surface area (TPSA) is 66.9 Å². The zero-order chi connectivity index (χ0) is 19.4.